The van der Waals surface area contributed by atoms with Crippen molar-refractivity contribution in [2.75, 3.05) is 7.11 Å². The molecule has 1 N–H and O–H groups in total. The quantitative estimate of drug-likeness (QED) is 0.457. The molecule has 4 heteroatoms. The van der Waals surface area contributed by atoms with Gasteiger partial charge in [-0.05, 0) is 29.7 Å². The summed E-state index contributed by atoms with van der Waals surface area (Å²) in [6.07, 6.45) is 0.618. The topological polar surface area (TPSA) is 45.3 Å². The van der Waals surface area contributed by atoms with E-state index in [0.29, 0.717) is 6.42 Å². The number of ether oxygens (including phenoxy) is 1. The number of carbonyl (C=O) groups excluding carboxylic acids is 1. The third-order valence-electron chi connectivity index (χ3n) is 6.47. The monoisotopic (exact) mass is 410 g/mol. The summed E-state index contributed by atoms with van der Waals surface area (Å²) in [6.45, 7) is 2.18. The number of para-hydroxylation sites is 1. The van der Waals surface area contributed by atoms with E-state index in [1.807, 2.05) is 18.2 Å². The van der Waals surface area contributed by atoms with Crippen molar-refractivity contribution in [2.24, 2.45) is 0 Å². The third-order valence-corrected chi connectivity index (χ3v) is 6.47. The van der Waals surface area contributed by atoms with E-state index in [1.165, 1.54) is 23.8 Å². The average molecular weight is 411 g/mol. The predicted octanol–water partition coefficient (Wildman–Crippen LogP) is 5.42. The van der Waals surface area contributed by atoms with Crippen molar-refractivity contribution < 1.29 is 9.53 Å². The zero-order valence-electron chi connectivity index (χ0n) is 17.8. The van der Waals surface area contributed by atoms with E-state index in [1.54, 1.807) is 0 Å². The van der Waals surface area contributed by atoms with Gasteiger partial charge in [0.2, 0.25) is 0 Å². The summed E-state index contributed by atoms with van der Waals surface area (Å²) >= 11 is 0. The molecule has 0 spiro atoms. The number of fused-ring (bicyclic) bond motifs is 3. The average Bonchev–Trinajstić information content (AvgIpc) is 3.20. The van der Waals surface area contributed by atoms with Gasteiger partial charge in [-0.2, -0.15) is 0 Å². The van der Waals surface area contributed by atoms with Gasteiger partial charge in [0.25, 0.3) is 0 Å². The lowest BCUT2D eigenvalue weighted by Crippen LogP contribution is -2.49. The molecule has 0 fully saturated rings. The van der Waals surface area contributed by atoms with Crippen LogP contribution < -0.4 is 0 Å². The number of hydrogen-bond acceptors (Lipinski definition) is 3. The van der Waals surface area contributed by atoms with Crippen molar-refractivity contribution in [1.29, 1.82) is 0 Å². The number of aromatic nitrogens is 1. The lowest BCUT2D eigenvalue weighted by molar-refractivity contribution is -0.149. The fraction of sp³-hybridized carbons (Fsp3) is 0.222. The van der Waals surface area contributed by atoms with Gasteiger partial charge in [0.05, 0.1) is 13.2 Å². The maximum absolute atomic E-state index is 13.1. The van der Waals surface area contributed by atoms with Crippen LogP contribution in [0.1, 0.15) is 41.4 Å². The molecule has 0 aliphatic carbocycles. The number of rotatable bonds is 4. The van der Waals surface area contributed by atoms with Crippen LogP contribution in [0.5, 0.6) is 0 Å². The molecule has 156 valence electrons. The minimum absolute atomic E-state index is 0.00524. The molecular weight excluding hydrogens is 384 g/mol. The van der Waals surface area contributed by atoms with Crippen LogP contribution >= 0.6 is 0 Å². The summed E-state index contributed by atoms with van der Waals surface area (Å²) in [6, 6.07) is 28.7. The van der Waals surface area contributed by atoms with E-state index in [2.05, 4.69) is 83.5 Å². The van der Waals surface area contributed by atoms with Crippen molar-refractivity contribution in [2.45, 2.75) is 31.5 Å². The number of aromatic amines is 1. The highest BCUT2D eigenvalue weighted by Crippen LogP contribution is 2.44. The number of hydrogen-bond donors (Lipinski definition) is 1. The van der Waals surface area contributed by atoms with Gasteiger partial charge in [-0.3, -0.25) is 9.69 Å². The number of nitrogens with one attached hydrogen (secondary N) is 1. The zero-order chi connectivity index (χ0) is 21.4. The molecular formula is C27H26N2O2. The third kappa shape index (κ3) is 3.33. The maximum atomic E-state index is 13.1. The van der Waals surface area contributed by atoms with Crippen molar-refractivity contribution in [3.05, 3.63) is 107 Å². The lowest BCUT2D eigenvalue weighted by atomic mass is 9.87. The molecule has 2 heterocycles. The van der Waals surface area contributed by atoms with Crippen LogP contribution in [-0.2, 0) is 16.0 Å². The Labute approximate surface area is 182 Å². The first-order chi connectivity index (χ1) is 15.2. The van der Waals surface area contributed by atoms with Gasteiger partial charge < -0.3 is 9.72 Å². The number of esters is 1. The molecule has 0 radical (unpaired) electrons. The first-order valence-corrected chi connectivity index (χ1v) is 10.7. The van der Waals surface area contributed by atoms with Gasteiger partial charge in [-0.25, -0.2) is 0 Å². The minimum atomic E-state index is -0.378. The van der Waals surface area contributed by atoms with Gasteiger partial charge in [0.15, 0.2) is 0 Å². The maximum Gasteiger partial charge on any atom is 0.323 e. The largest absolute Gasteiger partial charge is 0.468 e. The highest BCUT2D eigenvalue weighted by Gasteiger charge is 2.43. The van der Waals surface area contributed by atoms with Crippen LogP contribution in [0.3, 0.4) is 0 Å². The Balaban J connectivity index is 1.71. The molecule has 0 amide bonds. The summed E-state index contributed by atoms with van der Waals surface area (Å²) in [7, 11) is 1.48. The van der Waals surface area contributed by atoms with Crippen molar-refractivity contribution in [1.82, 2.24) is 9.88 Å². The molecule has 0 saturated heterocycles. The van der Waals surface area contributed by atoms with Crippen molar-refractivity contribution in [3.8, 4) is 0 Å². The number of H-pyrrole nitrogens is 1. The van der Waals surface area contributed by atoms with Crippen LogP contribution in [0.2, 0.25) is 0 Å². The molecule has 2 atom stereocenters. The molecule has 4 aromatic rings. The van der Waals surface area contributed by atoms with Gasteiger partial charge in [0, 0.05) is 29.1 Å². The normalized spacial score (nSPS) is 18.8. The molecule has 31 heavy (non-hydrogen) atoms. The van der Waals surface area contributed by atoms with Crippen LogP contribution in [0.15, 0.2) is 84.9 Å². The molecule has 3 aromatic carbocycles. The first kappa shape index (κ1) is 19.6. The van der Waals surface area contributed by atoms with Gasteiger partial charge in [-0.1, -0.05) is 78.9 Å². The molecule has 0 saturated carbocycles. The van der Waals surface area contributed by atoms with Crippen LogP contribution in [0.25, 0.3) is 10.9 Å². The number of benzene rings is 3. The number of nitrogens with zero attached hydrogens (tertiary/aromatic N) is 1. The van der Waals surface area contributed by atoms with Crippen molar-refractivity contribution in [3.63, 3.8) is 0 Å². The Hall–Kier alpha value is -3.37. The Morgan fingerprint density at radius 1 is 0.935 bits per heavy atom. The molecule has 5 rings (SSSR count). The van der Waals surface area contributed by atoms with E-state index in [-0.39, 0.29) is 24.1 Å². The molecule has 1 aromatic heterocycles. The van der Waals surface area contributed by atoms with E-state index < -0.39 is 0 Å². The highest BCUT2D eigenvalue weighted by molar-refractivity contribution is 5.87. The summed E-state index contributed by atoms with van der Waals surface area (Å²) in [5.41, 5.74) is 5.83. The van der Waals surface area contributed by atoms with E-state index in [0.717, 1.165) is 16.6 Å². The van der Waals surface area contributed by atoms with Crippen molar-refractivity contribution >= 4 is 16.9 Å². The Morgan fingerprint density at radius 3 is 2.13 bits per heavy atom. The summed E-state index contributed by atoms with van der Waals surface area (Å²) in [5.74, 6) is -0.195. The van der Waals surface area contributed by atoms with Gasteiger partial charge >= 0.3 is 5.97 Å². The van der Waals surface area contributed by atoms with E-state index in [9.17, 15) is 4.79 Å². The van der Waals surface area contributed by atoms with E-state index >= 15 is 0 Å². The second kappa shape index (κ2) is 8.05. The Bertz CT molecular complexity index is 1160. The summed E-state index contributed by atoms with van der Waals surface area (Å²) in [5, 5.41) is 1.19. The molecule has 0 unspecified atom stereocenters. The van der Waals surface area contributed by atoms with Gasteiger partial charge in [0.1, 0.15) is 6.04 Å². The standard InChI is InChI=1S/C27H26N2O2/c1-18-25-22(21-15-9-10-16-23(21)28-25)17-24(27(30)31-2)29(18)26(19-11-5-3-6-12-19)20-13-7-4-8-14-20/h3-16,18,24,26,28H,17H2,1-2H3/t18-,24+/m1/s1. The number of carbonyl (C=O) groups is 1. The van der Waals surface area contributed by atoms with Crippen LogP contribution in [0.4, 0.5) is 0 Å². The fourth-order valence-electron chi connectivity index (χ4n) is 5.07. The number of methoxy groups -OCH3 is 1. The Morgan fingerprint density at radius 2 is 1.52 bits per heavy atom. The van der Waals surface area contributed by atoms with Crippen LogP contribution in [-0.4, -0.2) is 29.0 Å². The molecule has 4 nitrogen and oxygen atoms in total. The summed E-state index contributed by atoms with van der Waals surface area (Å²) in [4.78, 5) is 19.0. The second-order valence-corrected chi connectivity index (χ2v) is 8.15. The van der Waals surface area contributed by atoms with Crippen LogP contribution in [0, 0.1) is 0 Å². The minimum Gasteiger partial charge on any atom is -0.468 e. The lowest BCUT2D eigenvalue weighted by Gasteiger charge is -2.44. The second-order valence-electron chi connectivity index (χ2n) is 8.15. The van der Waals surface area contributed by atoms with E-state index in [4.69, 9.17) is 4.74 Å². The predicted molar refractivity (Wildman–Crippen MR) is 123 cm³/mol. The zero-order valence-corrected chi connectivity index (χ0v) is 17.8. The smallest absolute Gasteiger partial charge is 0.323 e. The SMILES string of the molecule is COC(=O)[C@@H]1Cc2c([nH]c3ccccc23)[C@@H](C)N1C(c1ccccc1)c1ccccc1. The fourth-order valence-corrected chi connectivity index (χ4v) is 5.07. The van der Waals surface area contributed by atoms with Gasteiger partial charge in [-0.15, -0.1) is 0 Å². The molecule has 0 bridgehead atoms. The summed E-state index contributed by atoms with van der Waals surface area (Å²) < 4.78 is 5.30. The highest BCUT2D eigenvalue weighted by atomic mass is 16.5. The first-order valence-electron chi connectivity index (χ1n) is 10.7. The molecule has 1 aliphatic rings. The Kier molecular flexibility index (Phi) is 5.08. The molecule has 1 aliphatic heterocycles.